The molecule has 450 valence electrons. The van der Waals surface area contributed by atoms with Gasteiger partial charge in [-0.15, -0.1) is 0 Å². The fourth-order valence-electron chi connectivity index (χ4n) is 9.39. The monoisotopic (exact) mass is 1100 g/mol. The van der Waals surface area contributed by atoms with Gasteiger partial charge in [-0.1, -0.05) is 275 Å². The number of ether oxygens (including phenoxy) is 1. The Morgan fingerprint density at radius 2 is 0.792 bits per heavy atom. The number of phosphoric acid groups is 1. The van der Waals surface area contributed by atoms with Crippen molar-refractivity contribution in [3.63, 3.8) is 0 Å². The van der Waals surface area contributed by atoms with Gasteiger partial charge in [0.15, 0.2) is 0 Å². The van der Waals surface area contributed by atoms with Gasteiger partial charge in [-0.3, -0.25) is 14.2 Å². The van der Waals surface area contributed by atoms with E-state index in [4.69, 9.17) is 13.8 Å². The lowest BCUT2D eigenvalue weighted by Crippen LogP contribution is -2.47. The number of esters is 1. The highest BCUT2D eigenvalue weighted by atomic mass is 31.2. The van der Waals surface area contributed by atoms with E-state index < -0.39 is 20.0 Å². The van der Waals surface area contributed by atoms with Crippen LogP contribution in [0.3, 0.4) is 0 Å². The lowest BCUT2D eigenvalue weighted by Gasteiger charge is -2.30. The number of nitrogens with zero attached hydrogens (tertiary/aromatic N) is 1. The second-order valence-electron chi connectivity index (χ2n) is 23.3. The molecular weight excluding hydrogens is 976 g/mol. The summed E-state index contributed by atoms with van der Waals surface area (Å²) in [5.41, 5.74) is 0. The third-order valence-corrected chi connectivity index (χ3v) is 15.4. The molecule has 0 rings (SSSR count). The first-order valence-corrected chi connectivity index (χ1v) is 34.1. The molecule has 0 aromatic carbocycles. The van der Waals surface area contributed by atoms with Gasteiger partial charge in [0.05, 0.1) is 33.8 Å². The molecule has 0 aromatic rings. The predicted molar refractivity (Wildman–Crippen MR) is 330 cm³/mol. The molecule has 0 aliphatic heterocycles. The van der Waals surface area contributed by atoms with Gasteiger partial charge in [0.25, 0.3) is 7.82 Å². The van der Waals surface area contributed by atoms with Crippen LogP contribution in [0.1, 0.15) is 303 Å². The van der Waals surface area contributed by atoms with Crippen LogP contribution in [0.15, 0.2) is 60.8 Å². The van der Waals surface area contributed by atoms with Crippen LogP contribution in [0, 0.1) is 0 Å². The number of nitrogens with one attached hydrogen (secondary N) is 1. The summed E-state index contributed by atoms with van der Waals surface area (Å²) >= 11 is 0. The molecule has 77 heavy (non-hydrogen) atoms. The zero-order valence-corrected chi connectivity index (χ0v) is 52.3. The van der Waals surface area contributed by atoms with E-state index in [9.17, 15) is 19.0 Å². The van der Waals surface area contributed by atoms with Crippen LogP contribution in [-0.2, 0) is 27.9 Å². The van der Waals surface area contributed by atoms with Crippen molar-refractivity contribution in [2.75, 3.05) is 40.9 Å². The maximum atomic E-state index is 13.6. The topological polar surface area (TPSA) is 114 Å². The Bertz CT molecular complexity index is 1500. The number of allylic oxidation sites excluding steroid dienone is 9. The molecule has 0 saturated heterocycles. The van der Waals surface area contributed by atoms with Crippen LogP contribution < -0.4 is 10.2 Å². The molecule has 0 bridgehead atoms. The van der Waals surface area contributed by atoms with Gasteiger partial charge in [-0.05, 0) is 76.7 Å². The summed E-state index contributed by atoms with van der Waals surface area (Å²) in [4.78, 5) is 40.0. The van der Waals surface area contributed by atoms with Crippen LogP contribution in [0.25, 0.3) is 0 Å². The van der Waals surface area contributed by atoms with Crippen molar-refractivity contribution in [3.05, 3.63) is 60.8 Å². The van der Waals surface area contributed by atoms with Gasteiger partial charge in [-0.2, -0.15) is 0 Å². The van der Waals surface area contributed by atoms with Crippen LogP contribution in [-0.4, -0.2) is 69.4 Å². The molecule has 0 fully saturated rings. The third kappa shape index (κ3) is 58.2. The summed E-state index contributed by atoms with van der Waals surface area (Å²) in [6, 6.07) is -0.890. The summed E-state index contributed by atoms with van der Waals surface area (Å²) in [5.74, 6) is -0.539. The molecule has 0 saturated carbocycles. The Labute approximate surface area is 477 Å². The lowest BCUT2D eigenvalue weighted by atomic mass is 10.0. The van der Waals surface area contributed by atoms with Crippen molar-refractivity contribution in [3.8, 4) is 0 Å². The van der Waals surface area contributed by atoms with Crippen LogP contribution in [0.2, 0.25) is 0 Å². The number of unbranched alkanes of at least 4 members (excludes halogenated alkanes) is 35. The fourth-order valence-corrected chi connectivity index (χ4v) is 10.1. The third-order valence-electron chi connectivity index (χ3n) is 14.5. The van der Waals surface area contributed by atoms with Crippen LogP contribution >= 0.6 is 7.82 Å². The molecule has 0 spiro atoms. The SMILES string of the molecule is CCCCC/C=C\C/C=C\C/C=C\C/C=C\CCCCCCCCCCCC(=O)NC(COP(=O)([O-])OCC[N+](C)(C)C)C(/C=C\CCCCCCCCCCCC)OC(=O)CCCCCCCCCCCCCCCC. The largest absolute Gasteiger partial charge is 0.756 e. The van der Waals surface area contributed by atoms with Crippen molar-refractivity contribution in [1.82, 2.24) is 5.32 Å². The maximum Gasteiger partial charge on any atom is 0.306 e. The average Bonchev–Trinajstić information content (AvgIpc) is 3.39. The smallest absolute Gasteiger partial charge is 0.306 e. The number of amides is 1. The second kappa shape index (κ2) is 57.0. The molecule has 10 heteroatoms. The molecule has 1 amide bonds. The quantitative estimate of drug-likeness (QED) is 0.0212. The number of hydrogen-bond donors (Lipinski definition) is 1. The molecule has 0 aliphatic carbocycles. The zero-order valence-electron chi connectivity index (χ0n) is 51.4. The molecule has 3 atom stereocenters. The number of hydrogen-bond acceptors (Lipinski definition) is 7. The lowest BCUT2D eigenvalue weighted by molar-refractivity contribution is -0.870. The van der Waals surface area contributed by atoms with E-state index in [0.29, 0.717) is 17.4 Å². The number of rotatable bonds is 59. The zero-order chi connectivity index (χ0) is 56.4. The van der Waals surface area contributed by atoms with E-state index in [-0.39, 0.29) is 31.5 Å². The molecular formula is C67H125N2O7P. The highest BCUT2D eigenvalue weighted by Gasteiger charge is 2.27. The Kier molecular flexibility index (Phi) is 55.3. The standard InChI is InChI=1S/C67H125N2O7P/c1-7-10-13-16-19-22-25-28-30-31-32-33-34-35-36-37-38-39-40-41-44-47-50-53-56-59-66(70)68-64(63-75-77(72,73)74-62-61-69(4,5)6)65(58-55-52-49-46-43-27-24-21-18-15-12-9-3)76-67(71)60-57-54-51-48-45-42-29-26-23-20-17-14-11-8-2/h19,22,28,30,32-33,35-36,55,58,64-65H,7-18,20-21,23-27,29,31,34,37-54,56-57,59-63H2,1-6H3,(H-,68,70,72,73)/b22-19-,30-28-,33-32-,36-35-,58-55-. The average molecular weight is 1100 g/mol. The number of phosphoric ester groups is 1. The minimum Gasteiger partial charge on any atom is -0.756 e. The van der Waals surface area contributed by atoms with Gasteiger partial charge in [0, 0.05) is 12.8 Å². The van der Waals surface area contributed by atoms with Gasteiger partial charge >= 0.3 is 5.97 Å². The first-order chi connectivity index (χ1) is 37.4. The number of quaternary nitrogens is 1. The van der Waals surface area contributed by atoms with Gasteiger partial charge < -0.3 is 28.5 Å². The molecule has 1 N–H and O–H groups in total. The minimum absolute atomic E-state index is 0.0234. The first kappa shape index (κ1) is 74.7. The Balaban J connectivity index is 5.12. The fraction of sp³-hybridized carbons (Fsp3) is 0.821. The number of carbonyl (C=O) groups excluding carboxylic acids is 2. The number of likely N-dealkylation sites (N-methyl/N-ethyl adjacent to an activating group) is 1. The molecule has 9 nitrogen and oxygen atoms in total. The van der Waals surface area contributed by atoms with Crippen LogP contribution in [0.4, 0.5) is 0 Å². The van der Waals surface area contributed by atoms with Gasteiger partial charge in [-0.25, -0.2) is 0 Å². The van der Waals surface area contributed by atoms with E-state index in [2.05, 4.69) is 74.7 Å². The normalized spacial score (nSPS) is 14.0. The van der Waals surface area contributed by atoms with E-state index >= 15 is 0 Å². The second-order valence-corrected chi connectivity index (χ2v) is 24.7. The summed E-state index contributed by atoms with van der Waals surface area (Å²) in [6.45, 7) is 6.83. The summed E-state index contributed by atoms with van der Waals surface area (Å²) in [5, 5.41) is 3.03. The summed E-state index contributed by atoms with van der Waals surface area (Å²) in [7, 11) is 1.19. The van der Waals surface area contributed by atoms with E-state index in [1.165, 1.54) is 180 Å². The van der Waals surface area contributed by atoms with Crippen molar-refractivity contribution >= 4 is 19.7 Å². The summed E-state index contributed by atoms with van der Waals surface area (Å²) < 4.78 is 30.3. The van der Waals surface area contributed by atoms with E-state index in [0.717, 1.165) is 89.9 Å². The van der Waals surface area contributed by atoms with Crippen molar-refractivity contribution < 1.29 is 37.3 Å². The Morgan fingerprint density at radius 3 is 1.21 bits per heavy atom. The highest BCUT2D eigenvalue weighted by molar-refractivity contribution is 7.45. The summed E-state index contributed by atoms with van der Waals surface area (Å²) in [6.07, 6.45) is 71.8. The minimum atomic E-state index is -4.70. The first-order valence-electron chi connectivity index (χ1n) is 32.6. The van der Waals surface area contributed by atoms with Gasteiger partial charge in [0.1, 0.15) is 19.3 Å². The highest BCUT2D eigenvalue weighted by Crippen LogP contribution is 2.38. The van der Waals surface area contributed by atoms with Crippen molar-refractivity contribution in [2.45, 2.75) is 315 Å². The van der Waals surface area contributed by atoms with E-state index in [1.54, 1.807) is 0 Å². The molecule has 0 aliphatic rings. The number of carbonyl (C=O) groups is 2. The molecule has 0 heterocycles. The molecule has 3 unspecified atom stereocenters. The molecule has 0 aromatic heterocycles. The van der Waals surface area contributed by atoms with Crippen molar-refractivity contribution in [1.29, 1.82) is 0 Å². The molecule has 0 radical (unpaired) electrons. The Hall–Kier alpha value is -2.29. The van der Waals surface area contributed by atoms with E-state index in [1.807, 2.05) is 33.3 Å². The maximum absolute atomic E-state index is 13.6. The van der Waals surface area contributed by atoms with Crippen molar-refractivity contribution in [2.24, 2.45) is 0 Å². The van der Waals surface area contributed by atoms with Gasteiger partial charge in [0.2, 0.25) is 5.91 Å². The predicted octanol–water partition coefficient (Wildman–Crippen LogP) is 19.6. The van der Waals surface area contributed by atoms with Crippen LogP contribution in [0.5, 0.6) is 0 Å². The Morgan fingerprint density at radius 1 is 0.455 bits per heavy atom.